The minimum Gasteiger partial charge on any atom is -0.494 e. The quantitative estimate of drug-likeness (QED) is 0.768. The molecule has 2 nitrogen and oxygen atoms in total. The van der Waals surface area contributed by atoms with Crippen LogP contribution in [0.25, 0.3) is 11.1 Å². The fraction of sp³-hybridized carbons (Fsp3) is 0.214. The maximum absolute atomic E-state index is 13.0. The van der Waals surface area contributed by atoms with Gasteiger partial charge in [-0.1, -0.05) is 19.1 Å². The summed E-state index contributed by atoms with van der Waals surface area (Å²) >= 11 is 0. The lowest BCUT2D eigenvalue weighted by atomic mass is 10.1. The molecule has 1 aromatic heterocycles. The van der Waals surface area contributed by atoms with Gasteiger partial charge < -0.3 is 4.74 Å². The van der Waals surface area contributed by atoms with Crippen LogP contribution in [-0.2, 0) is 0 Å². The Balaban J connectivity index is 2.20. The van der Waals surface area contributed by atoms with Crippen molar-refractivity contribution in [2.45, 2.75) is 13.3 Å². The third kappa shape index (κ3) is 2.83. The SMILES string of the molecule is CCCOc1ccc(-c2cnc(F)c(F)c2)cc1. The lowest BCUT2D eigenvalue weighted by Crippen LogP contribution is -1.94. The van der Waals surface area contributed by atoms with Crippen molar-refractivity contribution in [3.8, 4) is 16.9 Å². The average molecular weight is 249 g/mol. The van der Waals surface area contributed by atoms with E-state index in [2.05, 4.69) is 4.98 Å². The molecule has 1 aromatic carbocycles. The number of nitrogens with zero attached hydrogens (tertiary/aromatic N) is 1. The van der Waals surface area contributed by atoms with Gasteiger partial charge in [0.2, 0.25) is 5.95 Å². The summed E-state index contributed by atoms with van der Waals surface area (Å²) in [5.74, 6) is -1.27. The second-order valence-electron chi connectivity index (χ2n) is 3.87. The summed E-state index contributed by atoms with van der Waals surface area (Å²) in [5.41, 5.74) is 1.31. The minimum absolute atomic E-state index is 0.538. The molecule has 1 heterocycles. The second-order valence-corrected chi connectivity index (χ2v) is 3.87. The van der Waals surface area contributed by atoms with Gasteiger partial charge in [0, 0.05) is 11.8 Å². The number of ether oxygens (including phenoxy) is 1. The van der Waals surface area contributed by atoms with Crippen molar-refractivity contribution in [2.24, 2.45) is 0 Å². The molecule has 2 aromatic rings. The maximum Gasteiger partial charge on any atom is 0.248 e. The van der Waals surface area contributed by atoms with Crippen molar-refractivity contribution in [1.29, 1.82) is 0 Å². The van der Waals surface area contributed by atoms with Crippen molar-refractivity contribution < 1.29 is 13.5 Å². The highest BCUT2D eigenvalue weighted by molar-refractivity contribution is 5.63. The topological polar surface area (TPSA) is 22.1 Å². The van der Waals surface area contributed by atoms with E-state index >= 15 is 0 Å². The molecule has 0 N–H and O–H groups in total. The van der Waals surface area contributed by atoms with Crippen molar-refractivity contribution >= 4 is 0 Å². The van der Waals surface area contributed by atoms with E-state index in [-0.39, 0.29) is 0 Å². The fourth-order valence-corrected chi connectivity index (χ4v) is 1.54. The Morgan fingerprint density at radius 1 is 1.11 bits per heavy atom. The summed E-state index contributed by atoms with van der Waals surface area (Å²) in [5, 5.41) is 0. The third-order valence-corrected chi connectivity index (χ3v) is 2.46. The van der Waals surface area contributed by atoms with Crippen LogP contribution in [0.4, 0.5) is 8.78 Å². The molecule has 0 atom stereocenters. The summed E-state index contributed by atoms with van der Waals surface area (Å²) in [6, 6.07) is 8.31. The minimum atomic E-state index is -1.08. The average Bonchev–Trinajstić information content (AvgIpc) is 2.40. The Morgan fingerprint density at radius 3 is 2.44 bits per heavy atom. The number of halogens is 2. The van der Waals surface area contributed by atoms with E-state index in [0.29, 0.717) is 12.2 Å². The molecular formula is C14H13F2NO. The fourth-order valence-electron chi connectivity index (χ4n) is 1.54. The standard InChI is InChI=1S/C14H13F2NO/c1-2-7-18-12-5-3-10(4-6-12)11-8-13(15)14(16)17-9-11/h3-6,8-9H,2,7H2,1H3. The van der Waals surface area contributed by atoms with Gasteiger partial charge in [-0.2, -0.15) is 4.39 Å². The summed E-state index contributed by atoms with van der Waals surface area (Å²) in [7, 11) is 0. The molecule has 0 spiro atoms. The van der Waals surface area contributed by atoms with Crippen LogP contribution in [0.2, 0.25) is 0 Å². The predicted molar refractivity (Wildman–Crippen MR) is 65.4 cm³/mol. The molecule has 0 amide bonds. The van der Waals surface area contributed by atoms with Crippen molar-refractivity contribution in [3.63, 3.8) is 0 Å². The molecule has 94 valence electrons. The number of benzene rings is 1. The first-order chi connectivity index (χ1) is 8.70. The van der Waals surface area contributed by atoms with E-state index < -0.39 is 11.8 Å². The predicted octanol–water partition coefficient (Wildman–Crippen LogP) is 3.82. The molecule has 0 aliphatic heterocycles. The lowest BCUT2D eigenvalue weighted by Gasteiger charge is -2.06. The monoisotopic (exact) mass is 249 g/mol. The number of aromatic nitrogens is 1. The van der Waals surface area contributed by atoms with E-state index in [1.807, 2.05) is 6.92 Å². The van der Waals surface area contributed by atoms with Crippen LogP contribution in [-0.4, -0.2) is 11.6 Å². The summed E-state index contributed by atoms with van der Waals surface area (Å²) in [6.07, 6.45) is 2.25. The van der Waals surface area contributed by atoms with E-state index in [0.717, 1.165) is 23.8 Å². The molecule has 0 saturated carbocycles. The highest BCUT2D eigenvalue weighted by Gasteiger charge is 2.05. The van der Waals surface area contributed by atoms with E-state index in [1.54, 1.807) is 24.3 Å². The number of hydrogen-bond acceptors (Lipinski definition) is 2. The number of pyridine rings is 1. The van der Waals surface area contributed by atoms with E-state index in [4.69, 9.17) is 4.74 Å². The second kappa shape index (κ2) is 5.58. The van der Waals surface area contributed by atoms with E-state index in [9.17, 15) is 8.78 Å². The first-order valence-electron chi connectivity index (χ1n) is 5.75. The lowest BCUT2D eigenvalue weighted by molar-refractivity contribution is 0.317. The molecular weight excluding hydrogens is 236 g/mol. The van der Waals surface area contributed by atoms with Gasteiger partial charge in [-0.15, -0.1) is 0 Å². The van der Waals surface area contributed by atoms with Crippen molar-refractivity contribution in [1.82, 2.24) is 4.98 Å². The Labute approximate surface area is 104 Å². The zero-order valence-electron chi connectivity index (χ0n) is 9.99. The molecule has 0 radical (unpaired) electrons. The first kappa shape index (κ1) is 12.5. The largest absolute Gasteiger partial charge is 0.494 e. The van der Waals surface area contributed by atoms with Crippen LogP contribution >= 0.6 is 0 Å². The smallest absolute Gasteiger partial charge is 0.248 e. The van der Waals surface area contributed by atoms with Crippen molar-refractivity contribution in [2.75, 3.05) is 6.61 Å². The van der Waals surface area contributed by atoms with Gasteiger partial charge >= 0.3 is 0 Å². The van der Waals surface area contributed by atoms with Crippen molar-refractivity contribution in [3.05, 3.63) is 48.3 Å². The molecule has 2 rings (SSSR count). The molecule has 4 heteroatoms. The van der Waals surface area contributed by atoms with Crippen LogP contribution in [0.1, 0.15) is 13.3 Å². The van der Waals surface area contributed by atoms with Gasteiger partial charge in [0.05, 0.1) is 6.61 Å². The molecule has 0 aliphatic carbocycles. The summed E-state index contributed by atoms with van der Waals surface area (Å²) in [6.45, 7) is 2.69. The van der Waals surface area contributed by atoms with Gasteiger partial charge in [0.1, 0.15) is 5.75 Å². The van der Waals surface area contributed by atoms with Crippen LogP contribution in [0.5, 0.6) is 5.75 Å². The molecule has 0 unspecified atom stereocenters. The Morgan fingerprint density at radius 2 is 1.83 bits per heavy atom. The normalized spacial score (nSPS) is 10.4. The number of rotatable bonds is 4. The van der Waals surface area contributed by atoms with Gasteiger partial charge in [0.15, 0.2) is 5.82 Å². The Hall–Kier alpha value is -1.97. The maximum atomic E-state index is 13.0. The Bertz CT molecular complexity index is 526. The highest BCUT2D eigenvalue weighted by Crippen LogP contribution is 2.23. The number of hydrogen-bond donors (Lipinski definition) is 0. The van der Waals surface area contributed by atoms with Gasteiger partial charge in [-0.25, -0.2) is 9.37 Å². The highest BCUT2D eigenvalue weighted by atomic mass is 19.2. The molecule has 18 heavy (non-hydrogen) atoms. The van der Waals surface area contributed by atoms with Gasteiger partial charge in [-0.05, 0) is 30.2 Å². The summed E-state index contributed by atoms with van der Waals surface area (Å²) in [4.78, 5) is 3.35. The van der Waals surface area contributed by atoms with Crippen LogP contribution in [0.15, 0.2) is 36.5 Å². The van der Waals surface area contributed by atoms with Crippen LogP contribution in [0, 0.1) is 11.8 Å². The molecule has 0 saturated heterocycles. The summed E-state index contributed by atoms with van der Waals surface area (Å²) < 4.78 is 31.2. The van der Waals surface area contributed by atoms with E-state index in [1.165, 1.54) is 6.20 Å². The molecule has 0 aliphatic rings. The van der Waals surface area contributed by atoms with Gasteiger partial charge in [-0.3, -0.25) is 0 Å². The molecule has 0 bridgehead atoms. The Kier molecular flexibility index (Phi) is 3.87. The zero-order valence-corrected chi connectivity index (χ0v) is 9.99. The van der Waals surface area contributed by atoms with Gasteiger partial charge in [0.25, 0.3) is 0 Å². The first-order valence-corrected chi connectivity index (χ1v) is 5.75. The third-order valence-electron chi connectivity index (χ3n) is 2.46. The molecule has 0 fully saturated rings. The zero-order chi connectivity index (χ0) is 13.0. The van der Waals surface area contributed by atoms with Crippen LogP contribution < -0.4 is 4.74 Å². The van der Waals surface area contributed by atoms with Crippen LogP contribution in [0.3, 0.4) is 0 Å².